The van der Waals surface area contributed by atoms with E-state index in [1.807, 2.05) is 0 Å². The summed E-state index contributed by atoms with van der Waals surface area (Å²) < 4.78 is 34.7. The second-order valence-corrected chi connectivity index (χ2v) is 6.68. The van der Waals surface area contributed by atoms with Crippen molar-refractivity contribution in [3.05, 3.63) is 23.8 Å². The fraction of sp³-hybridized carbons (Fsp3) is 0.611. The van der Waals surface area contributed by atoms with Crippen LogP contribution in [0, 0.1) is 11.3 Å². The summed E-state index contributed by atoms with van der Waals surface area (Å²) in [6.07, 6.45) is 3.07. The zero-order valence-electron chi connectivity index (χ0n) is 14.3. The monoisotopic (exact) mass is 354 g/mol. The summed E-state index contributed by atoms with van der Waals surface area (Å²) in [5.74, 6) is 0.439. The van der Waals surface area contributed by atoms with Gasteiger partial charge in [-0.15, -0.1) is 0 Å². The number of benzene rings is 1. The molecule has 1 spiro atoms. The zero-order valence-corrected chi connectivity index (χ0v) is 14.3. The lowest BCUT2D eigenvalue weighted by Crippen LogP contribution is -2.33. The molecular weight excluding hydrogens is 330 g/mol. The Morgan fingerprint density at radius 1 is 1.36 bits per heavy atom. The van der Waals surface area contributed by atoms with E-state index in [0.717, 1.165) is 37.9 Å². The van der Waals surface area contributed by atoms with Gasteiger partial charge in [-0.25, -0.2) is 0 Å². The van der Waals surface area contributed by atoms with Gasteiger partial charge in [0, 0.05) is 12.5 Å². The first kappa shape index (κ1) is 17.9. The number of piperidine rings is 1. The highest BCUT2D eigenvalue weighted by atomic mass is 19.3. The fourth-order valence-corrected chi connectivity index (χ4v) is 3.63. The highest BCUT2D eigenvalue weighted by Crippen LogP contribution is 2.58. The first-order chi connectivity index (χ1) is 12.0. The van der Waals surface area contributed by atoms with Crippen molar-refractivity contribution < 1.29 is 23.0 Å². The minimum Gasteiger partial charge on any atom is -0.490 e. The van der Waals surface area contributed by atoms with E-state index in [0.29, 0.717) is 13.2 Å². The molecule has 25 heavy (non-hydrogen) atoms. The molecular formula is C18H24F2N2O3. The molecule has 138 valence electrons. The third-order valence-corrected chi connectivity index (χ3v) is 5.10. The predicted octanol–water partition coefficient (Wildman–Crippen LogP) is 2.69. The van der Waals surface area contributed by atoms with Crippen molar-refractivity contribution >= 4 is 5.91 Å². The van der Waals surface area contributed by atoms with E-state index in [2.05, 4.69) is 15.4 Å². The van der Waals surface area contributed by atoms with E-state index in [9.17, 15) is 13.6 Å². The number of halogens is 2. The standard InChI is InChI=1S/C18H24F2N2O3/c1-2-24-15-9-12(3-4-14(15)25-17(19)20)11-22-16(23)13-10-18(13)5-7-21-8-6-18/h3-4,9,13,17,21H,2,5-8,10-11H2,1H3,(H,22,23). The molecule has 1 heterocycles. The number of hydrogen-bond acceptors (Lipinski definition) is 4. The number of hydrogen-bond donors (Lipinski definition) is 2. The van der Waals surface area contributed by atoms with Gasteiger partial charge in [0.15, 0.2) is 11.5 Å². The van der Waals surface area contributed by atoms with Crippen LogP contribution in [0.2, 0.25) is 0 Å². The summed E-state index contributed by atoms with van der Waals surface area (Å²) in [7, 11) is 0. The Hall–Kier alpha value is -1.89. The Morgan fingerprint density at radius 2 is 2.12 bits per heavy atom. The smallest absolute Gasteiger partial charge is 0.387 e. The van der Waals surface area contributed by atoms with Crippen LogP contribution in [0.1, 0.15) is 31.7 Å². The lowest BCUT2D eigenvalue weighted by molar-refractivity contribution is -0.123. The molecule has 1 aliphatic heterocycles. The van der Waals surface area contributed by atoms with Crippen LogP contribution in [0.25, 0.3) is 0 Å². The third-order valence-electron chi connectivity index (χ3n) is 5.10. The molecule has 1 saturated carbocycles. The van der Waals surface area contributed by atoms with Gasteiger partial charge in [-0.2, -0.15) is 8.78 Å². The number of carbonyl (C=O) groups is 1. The molecule has 1 aromatic carbocycles. The Kier molecular flexibility index (Phi) is 5.42. The molecule has 1 amide bonds. The number of amides is 1. The topological polar surface area (TPSA) is 59.6 Å². The Bertz CT molecular complexity index is 618. The summed E-state index contributed by atoms with van der Waals surface area (Å²) in [6.45, 7) is 1.51. The van der Waals surface area contributed by atoms with Crippen molar-refractivity contribution in [3.63, 3.8) is 0 Å². The first-order valence-corrected chi connectivity index (χ1v) is 8.73. The van der Waals surface area contributed by atoms with Crippen molar-refractivity contribution in [2.75, 3.05) is 19.7 Å². The van der Waals surface area contributed by atoms with Crippen LogP contribution in [-0.4, -0.2) is 32.2 Å². The molecule has 0 radical (unpaired) electrons. The van der Waals surface area contributed by atoms with Gasteiger partial charge in [-0.3, -0.25) is 4.79 Å². The molecule has 1 aromatic rings. The van der Waals surface area contributed by atoms with E-state index >= 15 is 0 Å². The van der Waals surface area contributed by atoms with Gasteiger partial charge in [0.1, 0.15) is 0 Å². The van der Waals surface area contributed by atoms with Crippen LogP contribution in [0.15, 0.2) is 18.2 Å². The van der Waals surface area contributed by atoms with E-state index in [4.69, 9.17) is 4.74 Å². The van der Waals surface area contributed by atoms with Crippen LogP contribution in [0.5, 0.6) is 11.5 Å². The minimum absolute atomic E-state index is 0.00257. The Morgan fingerprint density at radius 3 is 2.80 bits per heavy atom. The second kappa shape index (κ2) is 7.56. The Labute approximate surface area is 146 Å². The molecule has 2 N–H and O–H groups in total. The zero-order chi connectivity index (χ0) is 17.9. The van der Waals surface area contributed by atoms with Crippen LogP contribution >= 0.6 is 0 Å². The maximum atomic E-state index is 12.4. The van der Waals surface area contributed by atoms with Crippen molar-refractivity contribution in [3.8, 4) is 11.5 Å². The van der Waals surface area contributed by atoms with Crippen LogP contribution < -0.4 is 20.1 Å². The molecule has 1 atom stereocenters. The van der Waals surface area contributed by atoms with Crippen molar-refractivity contribution in [2.24, 2.45) is 11.3 Å². The number of ether oxygens (including phenoxy) is 2. The number of carbonyl (C=O) groups excluding carboxylic acids is 1. The predicted molar refractivity (Wildman–Crippen MR) is 88.7 cm³/mol. The lowest BCUT2D eigenvalue weighted by Gasteiger charge is -2.23. The van der Waals surface area contributed by atoms with Crippen LogP contribution in [0.3, 0.4) is 0 Å². The van der Waals surface area contributed by atoms with Crippen LogP contribution in [-0.2, 0) is 11.3 Å². The van der Waals surface area contributed by atoms with E-state index in [1.165, 1.54) is 6.07 Å². The number of nitrogens with one attached hydrogen (secondary N) is 2. The molecule has 3 rings (SSSR count). The maximum absolute atomic E-state index is 12.4. The summed E-state index contributed by atoms with van der Waals surface area (Å²) in [5, 5.41) is 6.28. The summed E-state index contributed by atoms with van der Waals surface area (Å²) in [4.78, 5) is 12.4. The van der Waals surface area contributed by atoms with Gasteiger partial charge < -0.3 is 20.1 Å². The van der Waals surface area contributed by atoms with Gasteiger partial charge in [-0.05, 0) is 62.4 Å². The molecule has 2 fully saturated rings. The quantitative estimate of drug-likeness (QED) is 0.790. The molecule has 1 aliphatic carbocycles. The average molecular weight is 354 g/mol. The molecule has 0 aromatic heterocycles. The largest absolute Gasteiger partial charge is 0.490 e. The van der Waals surface area contributed by atoms with Gasteiger partial charge in [0.2, 0.25) is 5.91 Å². The van der Waals surface area contributed by atoms with E-state index in [-0.39, 0.29) is 28.7 Å². The molecule has 0 bridgehead atoms. The van der Waals surface area contributed by atoms with Crippen molar-refractivity contribution in [1.29, 1.82) is 0 Å². The summed E-state index contributed by atoms with van der Waals surface area (Å²) >= 11 is 0. The second-order valence-electron chi connectivity index (χ2n) is 6.68. The van der Waals surface area contributed by atoms with E-state index < -0.39 is 6.61 Å². The lowest BCUT2D eigenvalue weighted by atomic mass is 9.92. The highest BCUT2D eigenvalue weighted by Gasteiger charge is 2.57. The summed E-state index contributed by atoms with van der Waals surface area (Å²) in [5.41, 5.74) is 0.985. The van der Waals surface area contributed by atoms with Gasteiger partial charge >= 0.3 is 6.61 Å². The first-order valence-electron chi connectivity index (χ1n) is 8.73. The Balaban J connectivity index is 1.57. The maximum Gasteiger partial charge on any atom is 0.387 e. The molecule has 1 unspecified atom stereocenters. The molecule has 5 nitrogen and oxygen atoms in total. The molecule has 1 saturated heterocycles. The molecule has 7 heteroatoms. The van der Waals surface area contributed by atoms with Gasteiger partial charge in [0.25, 0.3) is 0 Å². The summed E-state index contributed by atoms with van der Waals surface area (Å²) in [6, 6.07) is 4.74. The highest BCUT2D eigenvalue weighted by molar-refractivity contribution is 5.82. The minimum atomic E-state index is -2.90. The normalized spacial score (nSPS) is 21.2. The average Bonchev–Trinajstić information content (AvgIpc) is 3.28. The number of rotatable bonds is 7. The fourth-order valence-electron chi connectivity index (χ4n) is 3.63. The SMILES string of the molecule is CCOc1cc(CNC(=O)C2CC23CCNCC3)ccc1OC(F)F. The van der Waals surface area contributed by atoms with Crippen LogP contribution in [0.4, 0.5) is 8.78 Å². The van der Waals surface area contributed by atoms with Gasteiger partial charge in [-0.1, -0.05) is 6.07 Å². The van der Waals surface area contributed by atoms with Gasteiger partial charge in [0.05, 0.1) is 6.61 Å². The van der Waals surface area contributed by atoms with Crippen molar-refractivity contribution in [2.45, 2.75) is 39.3 Å². The van der Waals surface area contributed by atoms with E-state index in [1.54, 1.807) is 19.1 Å². The number of alkyl halides is 2. The third kappa shape index (κ3) is 4.21. The van der Waals surface area contributed by atoms with Crippen molar-refractivity contribution in [1.82, 2.24) is 10.6 Å². The molecule has 2 aliphatic rings.